The van der Waals surface area contributed by atoms with Crippen LogP contribution in [-0.4, -0.2) is 26.9 Å². The van der Waals surface area contributed by atoms with Gasteiger partial charge in [-0.05, 0) is 61.3 Å². The molecule has 0 fully saturated rings. The number of aryl methyl sites for hydroxylation is 1. The number of nitrogen functional groups attached to an aromatic ring is 1. The molecule has 1 aliphatic heterocycles. The number of imidazole rings is 1. The fraction of sp³-hybridized carbons (Fsp3) is 0.250. The highest BCUT2D eigenvalue weighted by Crippen LogP contribution is 2.37. The molecule has 158 valence electrons. The summed E-state index contributed by atoms with van der Waals surface area (Å²) in [6, 6.07) is 15.3. The predicted molar refractivity (Wildman–Crippen MR) is 121 cm³/mol. The number of hydrogen-bond acceptors (Lipinski definition) is 5. The highest BCUT2D eigenvalue weighted by Gasteiger charge is 2.25. The molecule has 7 heteroatoms. The van der Waals surface area contributed by atoms with Crippen LogP contribution < -0.4 is 11.1 Å². The van der Waals surface area contributed by atoms with Gasteiger partial charge in [-0.25, -0.2) is 14.4 Å². The number of pyridine rings is 1. The van der Waals surface area contributed by atoms with Crippen molar-refractivity contribution < 1.29 is 4.39 Å². The number of hydrogen-bond donors (Lipinski definition) is 3. The minimum Gasteiger partial charge on any atom is -0.384 e. The smallest absolute Gasteiger partial charge is 0.160 e. The van der Waals surface area contributed by atoms with E-state index in [0.717, 1.165) is 46.8 Å². The largest absolute Gasteiger partial charge is 0.384 e. The average Bonchev–Trinajstić information content (AvgIpc) is 3.29. The van der Waals surface area contributed by atoms with Gasteiger partial charge in [0.05, 0.1) is 6.04 Å². The Hall–Kier alpha value is -3.45. The highest BCUT2D eigenvalue weighted by molar-refractivity contribution is 5.79. The van der Waals surface area contributed by atoms with Gasteiger partial charge in [-0.15, -0.1) is 0 Å². The van der Waals surface area contributed by atoms with Crippen LogP contribution in [0.1, 0.15) is 34.1 Å². The molecule has 2 aromatic carbocycles. The zero-order chi connectivity index (χ0) is 21.5. The van der Waals surface area contributed by atoms with Crippen molar-refractivity contribution >= 4 is 22.7 Å². The van der Waals surface area contributed by atoms with Crippen molar-refractivity contribution in [2.75, 3.05) is 18.1 Å². The van der Waals surface area contributed by atoms with Gasteiger partial charge < -0.3 is 16.0 Å². The number of nitrogens with zero attached hydrogens (tertiary/aromatic N) is 3. The Balaban J connectivity index is 1.33. The average molecular weight is 417 g/mol. The molecule has 0 saturated heterocycles. The molecule has 0 spiro atoms. The van der Waals surface area contributed by atoms with Crippen LogP contribution >= 0.6 is 0 Å². The first-order valence-corrected chi connectivity index (χ1v) is 10.4. The number of aromatic nitrogens is 3. The van der Waals surface area contributed by atoms with E-state index in [1.807, 2.05) is 19.1 Å². The number of nitrogens with two attached hydrogens (primary N) is 1. The topological polar surface area (TPSA) is 82.9 Å². The van der Waals surface area contributed by atoms with Crippen LogP contribution in [0, 0.1) is 12.7 Å². The second-order valence-corrected chi connectivity index (χ2v) is 8.35. The van der Waals surface area contributed by atoms with Crippen LogP contribution in [0.4, 0.5) is 15.9 Å². The van der Waals surface area contributed by atoms with E-state index in [-0.39, 0.29) is 11.9 Å². The van der Waals surface area contributed by atoms with Gasteiger partial charge in [0.2, 0.25) is 0 Å². The van der Waals surface area contributed by atoms with Crippen molar-refractivity contribution in [1.82, 2.24) is 19.9 Å². The number of rotatable bonds is 5. The molecule has 0 radical (unpaired) electrons. The highest BCUT2D eigenvalue weighted by atomic mass is 19.1. The van der Waals surface area contributed by atoms with Crippen LogP contribution in [0.2, 0.25) is 0 Å². The fourth-order valence-corrected chi connectivity index (χ4v) is 4.43. The Labute approximate surface area is 180 Å². The lowest BCUT2D eigenvalue weighted by molar-refractivity contribution is 0.318. The van der Waals surface area contributed by atoms with E-state index >= 15 is 0 Å². The van der Waals surface area contributed by atoms with Crippen LogP contribution in [0.3, 0.4) is 0 Å². The zero-order valence-electron chi connectivity index (χ0n) is 17.6. The molecule has 5 rings (SSSR count). The summed E-state index contributed by atoms with van der Waals surface area (Å²) < 4.78 is 13.5. The summed E-state index contributed by atoms with van der Waals surface area (Å²) in [7, 11) is 2.05. The number of fused-ring (bicyclic) bond motifs is 2. The summed E-state index contributed by atoms with van der Waals surface area (Å²) in [5.74, 6) is 1.12. The lowest BCUT2D eigenvalue weighted by Gasteiger charge is -2.17. The fourth-order valence-electron chi connectivity index (χ4n) is 4.43. The molecule has 6 nitrogen and oxygen atoms in total. The van der Waals surface area contributed by atoms with Crippen molar-refractivity contribution in [3.63, 3.8) is 0 Å². The summed E-state index contributed by atoms with van der Waals surface area (Å²) >= 11 is 0. The van der Waals surface area contributed by atoms with Crippen LogP contribution in [0.15, 0.2) is 48.5 Å². The van der Waals surface area contributed by atoms with Crippen LogP contribution in [0.25, 0.3) is 11.2 Å². The molecular formula is C24H25FN6. The standard InChI is InChI=1S/C24H25FN6/c1-14-27-23-19(11-22(26)30-24(23)28-14)21-10-17-8-16(6-7-20(17)29-21)13-31(2)12-15-4-3-5-18(25)9-15/h3-9,11,21,29H,10,12-13H2,1-2H3,(H3,26,27,28,30). The lowest BCUT2D eigenvalue weighted by Crippen LogP contribution is -2.17. The Kier molecular flexibility index (Phi) is 4.82. The molecule has 0 aliphatic carbocycles. The Bertz CT molecular complexity index is 1260. The van der Waals surface area contributed by atoms with E-state index in [4.69, 9.17) is 5.73 Å². The van der Waals surface area contributed by atoms with Gasteiger partial charge in [0, 0.05) is 24.3 Å². The molecule has 4 aromatic rings. The van der Waals surface area contributed by atoms with E-state index in [1.165, 1.54) is 17.2 Å². The second-order valence-electron chi connectivity index (χ2n) is 8.35. The molecule has 2 aromatic heterocycles. The summed E-state index contributed by atoms with van der Waals surface area (Å²) in [4.78, 5) is 14.4. The number of H-pyrrole nitrogens is 1. The van der Waals surface area contributed by atoms with Gasteiger partial charge >= 0.3 is 0 Å². The summed E-state index contributed by atoms with van der Waals surface area (Å²) in [6.07, 6.45) is 0.862. The van der Waals surface area contributed by atoms with Crippen molar-refractivity contribution in [1.29, 1.82) is 0 Å². The van der Waals surface area contributed by atoms with E-state index < -0.39 is 0 Å². The first-order valence-electron chi connectivity index (χ1n) is 10.4. The molecule has 0 saturated carbocycles. The molecule has 0 bridgehead atoms. The quantitative estimate of drug-likeness (QED) is 0.451. The Morgan fingerprint density at radius 1 is 1.10 bits per heavy atom. The maximum Gasteiger partial charge on any atom is 0.160 e. The van der Waals surface area contributed by atoms with Gasteiger partial charge in [-0.2, -0.15) is 0 Å². The number of aromatic amines is 1. The molecule has 1 aliphatic rings. The van der Waals surface area contributed by atoms with Gasteiger partial charge in [0.1, 0.15) is 23.0 Å². The predicted octanol–water partition coefficient (Wildman–Crippen LogP) is 4.33. The normalized spacial score (nSPS) is 15.4. The van der Waals surface area contributed by atoms with E-state index in [2.05, 4.69) is 50.4 Å². The first kappa shape index (κ1) is 19.5. The third-order valence-electron chi connectivity index (χ3n) is 5.71. The minimum absolute atomic E-state index is 0.103. The monoisotopic (exact) mass is 416 g/mol. The Morgan fingerprint density at radius 2 is 1.90 bits per heavy atom. The first-order chi connectivity index (χ1) is 14.9. The molecule has 1 unspecified atom stereocenters. The van der Waals surface area contributed by atoms with Crippen molar-refractivity contribution in [3.05, 3.63) is 82.4 Å². The maximum absolute atomic E-state index is 13.5. The molecule has 3 heterocycles. The van der Waals surface area contributed by atoms with Crippen molar-refractivity contribution in [2.24, 2.45) is 0 Å². The van der Waals surface area contributed by atoms with Crippen molar-refractivity contribution in [3.8, 4) is 0 Å². The van der Waals surface area contributed by atoms with Gasteiger partial charge in [-0.1, -0.05) is 24.3 Å². The summed E-state index contributed by atoms with van der Waals surface area (Å²) in [5, 5.41) is 3.61. The van der Waals surface area contributed by atoms with Crippen LogP contribution in [-0.2, 0) is 19.5 Å². The molecular weight excluding hydrogens is 391 g/mol. The number of anilines is 2. The SMILES string of the molecule is Cc1nc2c(C3Cc4cc(CN(C)Cc5cccc(F)c5)ccc4N3)cc(N)nc2[nH]1. The zero-order valence-corrected chi connectivity index (χ0v) is 17.6. The molecule has 31 heavy (non-hydrogen) atoms. The van der Waals surface area contributed by atoms with Gasteiger partial charge in [-0.3, -0.25) is 4.90 Å². The van der Waals surface area contributed by atoms with Gasteiger partial charge in [0.25, 0.3) is 0 Å². The molecule has 1 atom stereocenters. The maximum atomic E-state index is 13.5. The van der Waals surface area contributed by atoms with Crippen LogP contribution in [0.5, 0.6) is 0 Å². The van der Waals surface area contributed by atoms with Gasteiger partial charge in [0.15, 0.2) is 5.65 Å². The number of halogens is 1. The summed E-state index contributed by atoms with van der Waals surface area (Å²) in [6.45, 7) is 3.41. The third kappa shape index (κ3) is 3.96. The number of nitrogens with one attached hydrogen (secondary N) is 2. The van der Waals surface area contributed by atoms with Crippen molar-refractivity contribution in [2.45, 2.75) is 32.5 Å². The molecule has 4 N–H and O–H groups in total. The Morgan fingerprint density at radius 3 is 2.71 bits per heavy atom. The lowest BCUT2D eigenvalue weighted by atomic mass is 10.0. The van der Waals surface area contributed by atoms with E-state index in [1.54, 1.807) is 12.1 Å². The van der Waals surface area contributed by atoms with E-state index in [0.29, 0.717) is 12.4 Å². The third-order valence-corrected chi connectivity index (χ3v) is 5.71. The minimum atomic E-state index is -0.196. The second kappa shape index (κ2) is 7.67. The summed E-state index contributed by atoms with van der Waals surface area (Å²) in [5.41, 5.74) is 13.3. The number of benzene rings is 2. The van der Waals surface area contributed by atoms with E-state index in [9.17, 15) is 4.39 Å². The molecule has 0 amide bonds.